The van der Waals surface area contributed by atoms with E-state index in [0.717, 1.165) is 17.7 Å². The molecular formula is C21H17F3N4. The summed E-state index contributed by atoms with van der Waals surface area (Å²) in [7, 11) is 0. The van der Waals surface area contributed by atoms with E-state index in [4.69, 9.17) is 0 Å². The van der Waals surface area contributed by atoms with Gasteiger partial charge in [-0.1, -0.05) is 30.3 Å². The zero-order chi connectivity index (χ0) is 19.7. The Kier molecular flexibility index (Phi) is 4.50. The Morgan fingerprint density at radius 2 is 1.79 bits per heavy atom. The van der Waals surface area contributed by atoms with Gasteiger partial charge in [0.25, 0.3) is 0 Å². The second-order valence-corrected chi connectivity index (χ2v) is 6.47. The Hall–Kier alpha value is -3.35. The highest BCUT2D eigenvalue weighted by molar-refractivity contribution is 5.82. The van der Waals surface area contributed by atoms with E-state index in [1.807, 2.05) is 37.3 Å². The third-order valence-corrected chi connectivity index (χ3v) is 4.55. The number of fused-ring (bicyclic) bond motifs is 1. The van der Waals surface area contributed by atoms with Crippen molar-refractivity contribution in [2.24, 2.45) is 0 Å². The number of halogens is 3. The number of anilines is 1. The molecule has 0 saturated carbocycles. The molecule has 4 nitrogen and oxygen atoms in total. The fourth-order valence-corrected chi connectivity index (χ4v) is 3.09. The minimum Gasteiger partial charge on any atom is -0.348 e. The molecule has 2 aromatic carbocycles. The quantitative estimate of drug-likeness (QED) is 0.499. The van der Waals surface area contributed by atoms with Crippen molar-refractivity contribution in [2.45, 2.75) is 19.1 Å². The molecule has 0 spiro atoms. The van der Waals surface area contributed by atoms with E-state index in [2.05, 4.69) is 15.3 Å². The van der Waals surface area contributed by atoms with Crippen LogP contribution < -0.4 is 5.32 Å². The van der Waals surface area contributed by atoms with Gasteiger partial charge in [-0.2, -0.15) is 18.2 Å². The summed E-state index contributed by atoms with van der Waals surface area (Å²) < 4.78 is 40.5. The molecule has 1 N–H and O–H groups in total. The largest absolute Gasteiger partial charge is 0.416 e. The number of hydrogen-bond donors (Lipinski definition) is 1. The molecule has 7 heteroatoms. The first-order chi connectivity index (χ1) is 13.4. The van der Waals surface area contributed by atoms with Gasteiger partial charge in [0.2, 0.25) is 5.95 Å². The van der Waals surface area contributed by atoms with Crippen LogP contribution in [0.15, 0.2) is 73.1 Å². The van der Waals surface area contributed by atoms with Crippen LogP contribution in [-0.2, 0) is 6.18 Å². The van der Waals surface area contributed by atoms with E-state index in [0.29, 0.717) is 22.7 Å². The van der Waals surface area contributed by atoms with E-state index in [1.54, 1.807) is 29.1 Å². The molecule has 4 rings (SSSR count). The number of aromatic nitrogens is 3. The lowest BCUT2D eigenvalue weighted by Crippen LogP contribution is -2.10. The topological polar surface area (TPSA) is 42.7 Å². The summed E-state index contributed by atoms with van der Waals surface area (Å²) in [6.45, 7) is 2.01. The minimum absolute atomic E-state index is 0.00667. The van der Waals surface area contributed by atoms with Gasteiger partial charge < -0.3 is 9.88 Å². The van der Waals surface area contributed by atoms with Crippen molar-refractivity contribution in [3.8, 4) is 5.82 Å². The van der Waals surface area contributed by atoms with Crippen LogP contribution in [0.1, 0.15) is 24.1 Å². The number of nitrogens with one attached hydrogen (secondary N) is 1. The Morgan fingerprint density at radius 1 is 1.00 bits per heavy atom. The summed E-state index contributed by atoms with van der Waals surface area (Å²) in [5.74, 6) is 1.02. The van der Waals surface area contributed by atoms with Crippen LogP contribution in [0.25, 0.3) is 16.7 Å². The first-order valence-corrected chi connectivity index (χ1v) is 8.75. The predicted molar refractivity (Wildman–Crippen MR) is 102 cm³/mol. The number of benzene rings is 2. The molecule has 4 aromatic rings. The van der Waals surface area contributed by atoms with Crippen molar-refractivity contribution in [1.82, 2.24) is 14.5 Å². The Balaban J connectivity index is 1.64. The van der Waals surface area contributed by atoms with E-state index < -0.39 is 11.7 Å². The molecule has 0 bridgehead atoms. The van der Waals surface area contributed by atoms with Gasteiger partial charge in [-0.05, 0) is 42.8 Å². The van der Waals surface area contributed by atoms with Crippen molar-refractivity contribution in [1.29, 1.82) is 0 Å². The molecule has 0 amide bonds. The maximum Gasteiger partial charge on any atom is 0.416 e. The molecule has 0 aliphatic rings. The van der Waals surface area contributed by atoms with E-state index in [9.17, 15) is 13.2 Å². The van der Waals surface area contributed by atoms with E-state index in [1.165, 1.54) is 6.07 Å². The molecule has 1 atom stereocenters. The average Bonchev–Trinajstić information content (AvgIpc) is 3.11. The standard InChI is InChI=1S/C21H17F3N4/c1-14(15-5-3-2-4-6-15)26-20-25-11-9-19(27-20)28-12-10-16-13-17(21(22,23)24)7-8-18(16)28/h2-14H,1H3,(H,25,26,27)/t14-/m0/s1. The van der Waals surface area contributed by atoms with Crippen molar-refractivity contribution in [3.05, 3.63) is 84.2 Å². The van der Waals surface area contributed by atoms with Gasteiger partial charge in [0.15, 0.2) is 0 Å². The molecule has 0 aliphatic carbocycles. The number of alkyl halides is 3. The highest BCUT2D eigenvalue weighted by Crippen LogP contribution is 2.32. The van der Waals surface area contributed by atoms with Gasteiger partial charge >= 0.3 is 6.18 Å². The third-order valence-electron chi connectivity index (χ3n) is 4.55. The van der Waals surface area contributed by atoms with Crippen molar-refractivity contribution >= 4 is 16.9 Å². The van der Waals surface area contributed by atoms with Gasteiger partial charge in [-0.15, -0.1) is 0 Å². The first-order valence-electron chi connectivity index (χ1n) is 8.75. The number of rotatable bonds is 4. The normalized spacial score (nSPS) is 12.9. The molecule has 0 fully saturated rings. The van der Waals surface area contributed by atoms with Gasteiger partial charge in [0, 0.05) is 17.8 Å². The summed E-state index contributed by atoms with van der Waals surface area (Å²) in [5, 5.41) is 3.75. The van der Waals surface area contributed by atoms with Crippen LogP contribution >= 0.6 is 0 Å². The lowest BCUT2D eigenvalue weighted by atomic mass is 10.1. The number of hydrogen-bond acceptors (Lipinski definition) is 3. The molecule has 28 heavy (non-hydrogen) atoms. The van der Waals surface area contributed by atoms with Gasteiger partial charge in [0.1, 0.15) is 5.82 Å². The Bertz CT molecular complexity index is 1100. The van der Waals surface area contributed by atoms with E-state index in [-0.39, 0.29) is 6.04 Å². The number of nitrogens with zero attached hydrogens (tertiary/aromatic N) is 3. The van der Waals surface area contributed by atoms with Crippen LogP contribution in [0, 0.1) is 0 Å². The van der Waals surface area contributed by atoms with Crippen LogP contribution in [0.4, 0.5) is 19.1 Å². The SMILES string of the molecule is C[C@H](Nc1nccc(-n2ccc3cc(C(F)(F)F)ccc32)n1)c1ccccc1. The monoisotopic (exact) mass is 382 g/mol. The molecule has 2 heterocycles. The second-order valence-electron chi connectivity index (χ2n) is 6.47. The molecule has 0 saturated heterocycles. The summed E-state index contributed by atoms with van der Waals surface area (Å²) in [6.07, 6.45) is -1.04. The van der Waals surface area contributed by atoms with Crippen LogP contribution in [0.2, 0.25) is 0 Å². The van der Waals surface area contributed by atoms with Crippen molar-refractivity contribution < 1.29 is 13.2 Å². The molecule has 0 unspecified atom stereocenters. The highest BCUT2D eigenvalue weighted by atomic mass is 19.4. The van der Waals surface area contributed by atoms with Crippen molar-refractivity contribution in [3.63, 3.8) is 0 Å². The van der Waals surface area contributed by atoms with Gasteiger partial charge in [-0.25, -0.2) is 4.98 Å². The van der Waals surface area contributed by atoms with Gasteiger partial charge in [-0.3, -0.25) is 0 Å². The first kappa shape index (κ1) is 18.0. The molecular weight excluding hydrogens is 365 g/mol. The molecule has 0 aliphatic heterocycles. The molecule has 2 aromatic heterocycles. The van der Waals surface area contributed by atoms with Gasteiger partial charge in [0.05, 0.1) is 17.1 Å². The fourth-order valence-electron chi connectivity index (χ4n) is 3.09. The molecule has 142 valence electrons. The smallest absolute Gasteiger partial charge is 0.348 e. The summed E-state index contributed by atoms with van der Waals surface area (Å²) in [5.41, 5.74) is 1.08. The fraction of sp³-hybridized carbons (Fsp3) is 0.143. The van der Waals surface area contributed by atoms with Crippen LogP contribution in [-0.4, -0.2) is 14.5 Å². The van der Waals surface area contributed by atoms with Crippen LogP contribution in [0.3, 0.4) is 0 Å². The summed E-state index contributed by atoms with van der Waals surface area (Å²) in [6, 6.07) is 17.0. The Morgan fingerprint density at radius 3 is 2.54 bits per heavy atom. The third kappa shape index (κ3) is 3.55. The Labute approximate surface area is 159 Å². The lowest BCUT2D eigenvalue weighted by molar-refractivity contribution is -0.137. The van der Waals surface area contributed by atoms with E-state index >= 15 is 0 Å². The highest BCUT2D eigenvalue weighted by Gasteiger charge is 2.30. The average molecular weight is 382 g/mol. The molecule has 0 radical (unpaired) electrons. The second kappa shape index (κ2) is 6.99. The maximum absolute atomic E-state index is 12.9. The zero-order valence-corrected chi connectivity index (χ0v) is 15.0. The minimum atomic E-state index is -4.37. The zero-order valence-electron chi connectivity index (χ0n) is 15.0. The predicted octanol–water partition coefficient (Wildman–Crippen LogP) is 5.61. The summed E-state index contributed by atoms with van der Waals surface area (Å²) in [4.78, 5) is 8.78. The maximum atomic E-state index is 12.9. The summed E-state index contributed by atoms with van der Waals surface area (Å²) >= 11 is 0. The lowest BCUT2D eigenvalue weighted by Gasteiger charge is -2.15. The van der Waals surface area contributed by atoms with Crippen molar-refractivity contribution in [2.75, 3.05) is 5.32 Å². The van der Waals surface area contributed by atoms with Crippen LogP contribution in [0.5, 0.6) is 0 Å².